The molecule has 0 bridgehead atoms. The normalized spacial score (nSPS) is 12.7. The van der Waals surface area contributed by atoms with Crippen LogP contribution in [0, 0.1) is 0 Å². The first-order chi connectivity index (χ1) is 8.75. The summed E-state index contributed by atoms with van der Waals surface area (Å²) >= 11 is 9.21. The van der Waals surface area contributed by atoms with E-state index in [4.69, 9.17) is 17.3 Å². The Bertz CT molecular complexity index is 545. The fraction of sp³-hybridized carbons (Fsp3) is 0.500. The van der Waals surface area contributed by atoms with E-state index in [1.54, 1.807) is 12.1 Å². The Labute approximate surface area is 127 Å². The summed E-state index contributed by atoms with van der Waals surface area (Å²) in [6.45, 7) is 4.05. The Hall–Kier alpha value is -0.140. The summed E-state index contributed by atoms with van der Waals surface area (Å²) in [5, 5.41) is 0.172. The molecule has 0 unspecified atom stereocenters. The molecule has 0 aromatic heterocycles. The second kappa shape index (κ2) is 6.54. The Kier molecular flexibility index (Phi) is 5.82. The lowest BCUT2D eigenvalue weighted by atomic mass is 9.95. The average Bonchev–Trinajstić information content (AvgIpc) is 2.39. The minimum atomic E-state index is -3.66. The summed E-state index contributed by atoms with van der Waals surface area (Å²) < 4.78 is 27.5. The van der Waals surface area contributed by atoms with Crippen LogP contribution in [0.1, 0.15) is 26.7 Å². The van der Waals surface area contributed by atoms with Crippen LogP contribution >= 0.6 is 27.5 Å². The predicted octanol–water partition coefficient (Wildman–Crippen LogP) is 2.90. The SMILES string of the molecule is CCC(N)(CC)CNS(=O)(=O)c1cccc(Br)c1Cl. The topological polar surface area (TPSA) is 72.2 Å². The van der Waals surface area contributed by atoms with Crippen LogP contribution in [-0.2, 0) is 10.0 Å². The van der Waals surface area contributed by atoms with Crippen molar-refractivity contribution in [3.8, 4) is 0 Å². The molecule has 1 aromatic rings. The maximum Gasteiger partial charge on any atom is 0.242 e. The van der Waals surface area contributed by atoms with Gasteiger partial charge < -0.3 is 5.73 Å². The average molecular weight is 370 g/mol. The molecule has 0 amide bonds. The second-order valence-electron chi connectivity index (χ2n) is 4.45. The smallest absolute Gasteiger partial charge is 0.242 e. The summed E-state index contributed by atoms with van der Waals surface area (Å²) in [5.74, 6) is 0. The van der Waals surface area contributed by atoms with E-state index in [1.165, 1.54) is 6.07 Å². The molecule has 0 atom stereocenters. The van der Waals surface area contributed by atoms with Crippen molar-refractivity contribution in [3.05, 3.63) is 27.7 Å². The van der Waals surface area contributed by atoms with Gasteiger partial charge in [0.25, 0.3) is 0 Å². The highest BCUT2D eigenvalue weighted by Crippen LogP contribution is 2.29. The summed E-state index contributed by atoms with van der Waals surface area (Å²) in [6, 6.07) is 4.78. The van der Waals surface area contributed by atoms with E-state index < -0.39 is 15.6 Å². The van der Waals surface area contributed by atoms with Crippen LogP contribution < -0.4 is 10.5 Å². The molecule has 1 rings (SSSR count). The molecular formula is C12H18BrClN2O2S. The Morgan fingerprint density at radius 1 is 1.37 bits per heavy atom. The van der Waals surface area contributed by atoms with Crippen molar-refractivity contribution >= 4 is 37.6 Å². The quantitative estimate of drug-likeness (QED) is 0.810. The first kappa shape index (κ1) is 16.9. The van der Waals surface area contributed by atoms with E-state index in [-0.39, 0.29) is 16.5 Å². The standard InChI is InChI=1S/C12H18BrClN2O2S/c1-3-12(15,4-2)8-16-19(17,18)10-7-5-6-9(13)11(10)14/h5-7,16H,3-4,8,15H2,1-2H3. The van der Waals surface area contributed by atoms with Crippen molar-refractivity contribution in [1.29, 1.82) is 0 Å². The molecule has 1 aromatic carbocycles. The van der Waals surface area contributed by atoms with Gasteiger partial charge in [0, 0.05) is 16.6 Å². The van der Waals surface area contributed by atoms with Gasteiger partial charge in [-0.2, -0.15) is 0 Å². The van der Waals surface area contributed by atoms with Crippen LogP contribution in [-0.4, -0.2) is 20.5 Å². The molecule has 19 heavy (non-hydrogen) atoms. The van der Waals surface area contributed by atoms with Crippen LogP contribution in [0.3, 0.4) is 0 Å². The molecule has 0 heterocycles. The number of rotatable bonds is 6. The monoisotopic (exact) mass is 368 g/mol. The van der Waals surface area contributed by atoms with Gasteiger partial charge in [-0.3, -0.25) is 0 Å². The minimum Gasteiger partial charge on any atom is -0.324 e. The molecule has 0 saturated heterocycles. The molecule has 0 aliphatic carbocycles. The molecular weight excluding hydrogens is 352 g/mol. The van der Waals surface area contributed by atoms with Crippen LogP contribution in [0.4, 0.5) is 0 Å². The Morgan fingerprint density at radius 3 is 2.47 bits per heavy atom. The van der Waals surface area contributed by atoms with Crippen LogP contribution in [0.2, 0.25) is 5.02 Å². The number of hydrogen-bond acceptors (Lipinski definition) is 3. The van der Waals surface area contributed by atoms with Gasteiger partial charge in [0.2, 0.25) is 10.0 Å². The van der Waals surface area contributed by atoms with Gasteiger partial charge in [-0.15, -0.1) is 0 Å². The first-order valence-electron chi connectivity index (χ1n) is 5.98. The van der Waals surface area contributed by atoms with Crippen molar-refractivity contribution in [3.63, 3.8) is 0 Å². The van der Waals surface area contributed by atoms with Gasteiger partial charge >= 0.3 is 0 Å². The highest BCUT2D eigenvalue weighted by Gasteiger charge is 2.25. The Morgan fingerprint density at radius 2 is 1.95 bits per heavy atom. The lowest BCUT2D eigenvalue weighted by molar-refractivity contribution is 0.392. The molecule has 108 valence electrons. The summed E-state index contributed by atoms with van der Waals surface area (Å²) in [7, 11) is -3.66. The lowest BCUT2D eigenvalue weighted by Gasteiger charge is -2.26. The largest absolute Gasteiger partial charge is 0.324 e. The fourth-order valence-electron chi connectivity index (χ4n) is 1.51. The van der Waals surface area contributed by atoms with Crippen LogP contribution in [0.15, 0.2) is 27.6 Å². The second-order valence-corrected chi connectivity index (χ2v) is 7.41. The lowest BCUT2D eigenvalue weighted by Crippen LogP contribution is -2.49. The molecule has 0 spiro atoms. The number of nitrogens with one attached hydrogen (secondary N) is 1. The Balaban J connectivity index is 2.97. The van der Waals surface area contributed by atoms with Gasteiger partial charge in [0.15, 0.2) is 0 Å². The third-order valence-corrected chi connectivity index (χ3v) is 6.08. The summed E-state index contributed by atoms with van der Waals surface area (Å²) in [5.41, 5.74) is 5.54. The zero-order chi connectivity index (χ0) is 14.7. The molecule has 0 saturated carbocycles. The highest BCUT2D eigenvalue weighted by molar-refractivity contribution is 9.10. The van der Waals surface area contributed by atoms with Crippen molar-refractivity contribution in [2.45, 2.75) is 37.1 Å². The van der Waals surface area contributed by atoms with E-state index in [0.717, 1.165) is 0 Å². The highest BCUT2D eigenvalue weighted by atomic mass is 79.9. The number of nitrogens with two attached hydrogens (primary N) is 1. The summed E-state index contributed by atoms with van der Waals surface area (Å²) in [4.78, 5) is 0.0538. The number of hydrogen-bond donors (Lipinski definition) is 2. The van der Waals surface area contributed by atoms with E-state index >= 15 is 0 Å². The van der Waals surface area contributed by atoms with Crippen molar-refractivity contribution in [1.82, 2.24) is 4.72 Å². The molecule has 7 heteroatoms. The third-order valence-electron chi connectivity index (χ3n) is 3.23. The number of halogens is 2. The fourth-order valence-corrected chi connectivity index (χ4v) is 3.67. The van der Waals surface area contributed by atoms with E-state index in [2.05, 4.69) is 20.7 Å². The van der Waals surface area contributed by atoms with Crippen LogP contribution in [0.25, 0.3) is 0 Å². The molecule has 0 aliphatic rings. The van der Waals surface area contributed by atoms with Gasteiger partial charge in [0.1, 0.15) is 4.90 Å². The summed E-state index contributed by atoms with van der Waals surface area (Å²) in [6.07, 6.45) is 1.39. The first-order valence-corrected chi connectivity index (χ1v) is 8.63. The van der Waals surface area contributed by atoms with E-state index in [9.17, 15) is 8.42 Å². The molecule has 4 nitrogen and oxygen atoms in total. The maximum atomic E-state index is 12.2. The zero-order valence-electron chi connectivity index (χ0n) is 10.9. The molecule has 0 radical (unpaired) electrons. The maximum absolute atomic E-state index is 12.2. The number of sulfonamides is 1. The zero-order valence-corrected chi connectivity index (χ0v) is 14.1. The van der Waals surface area contributed by atoms with Crippen LogP contribution in [0.5, 0.6) is 0 Å². The predicted molar refractivity (Wildman–Crippen MR) is 81.8 cm³/mol. The van der Waals surface area contributed by atoms with Crippen molar-refractivity contribution in [2.24, 2.45) is 5.73 Å². The van der Waals surface area contributed by atoms with Gasteiger partial charge in [-0.05, 0) is 40.9 Å². The minimum absolute atomic E-state index is 0.0538. The van der Waals surface area contributed by atoms with Gasteiger partial charge in [-0.1, -0.05) is 31.5 Å². The number of benzene rings is 1. The van der Waals surface area contributed by atoms with Crippen molar-refractivity contribution in [2.75, 3.05) is 6.54 Å². The molecule has 0 aliphatic heterocycles. The van der Waals surface area contributed by atoms with Gasteiger partial charge in [-0.25, -0.2) is 13.1 Å². The van der Waals surface area contributed by atoms with Gasteiger partial charge in [0.05, 0.1) is 5.02 Å². The van der Waals surface area contributed by atoms with E-state index in [0.29, 0.717) is 17.3 Å². The van der Waals surface area contributed by atoms with Crippen molar-refractivity contribution < 1.29 is 8.42 Å². The third kappa shape index (κ3) is 4.16. The molecule has 0 fully saturated rings. The van der Waals surface area contributed by atoms with E-state index in [1.807, 2.05) is 13.8 Å². The molecule has 3 N–H and O–H groups in total.